The van der Waals surface area contributed by atoms with Crippen molar-refractivity contribution in [1.29, 1.82) is 0 Å². The molecule has 0 aliphatic heterocycles. The molecule has 0 saturated heterocycles. The average Bonchev–Trinajstić information content (AvgIpc) is 2.80. The molecular formula is C14H17N3O3. The van der Waals surface area contributed by atoms with Crippen molar-refractivity contribution in [3.8, 4) is 0 Å². The van der Waals surface area contributed by atoms with E-state index in [9.17, 15) is 9.59 Å². The normalized spacial score (nSPS) is 10.7. The van der Waals surface area contributed by atoms with Crippen LogP contribution in [0.1, 0.15) is 30.7 Å². The van der Waals surface area contributed by atoms with Crippen LogP contribution in [0.5, 0.6) is 0 Å². The summed E-state index contributed by atoms with van der Waals surface area (Å²) in [6, 6.07) is 5.87. The Morgan fingerprint density at radius 1 is 1.35 bits per heavy atom. The van der Waals surface area contributed by atoms with E-state index in [1.165, 1.54) is 0 Å². The molecule has 0 spiro atoms. The predicted molar refractivity (Wildman–Crippen MR) is 74.2 cm³/mol. The Morgan fingerprint density at radius 3 is 2.85 bits per heavy atom. The number of aliphatic carboxylic acids is 1. The smallest absolute Gasteiger partial charge is 0.303 e. The zero-order chi connectivity index (χ0) is 14.5. The molecule has 1 heterocycles. The SMILES string of the molecule is Cc1cccc2[nH]c(CNC(=O)CCCC(=O)O)nc12. The number of nitrogens with zero attached hydrogens (tertiary/aromatic N) is 1. The minimum Gasteiger partial charge on any atom is -0.481 e. The lowest BCUT2D eigenvalue weighted by atomic mass is 10.2. The third-order valence-corrected chi connectivity index (χ3v) is 3.01. The Hall–Kier alpha value is -2.37. The fourth-order valence-electron chi connectivity index (χ4n) is 1.98. The maximum atomic E-state index is 11.5. The van der Waals surface area contributed by atoms with Gasteiger partial charge in [-0.1, -0.05) is 12.1 Å². The fraction of sp³-hybridized carbons (Fsp3) is 0.357. The number of carboxylic acids is 1. The van der Waals surface area contributed by atoms with E-state index in [2.05, 4.69) is 15.3 Å². The van der Waals surface area contributed by atoms with Gasteiger partial charge in [-0.05, 0) is 25.0 Å². The molecule has 0 aliphatic rings. The van der Waals surface area contributed by atoms with Crippen molar-refractivity contribution in [3.05, 3.63) is 29.6 Å². The number of hydrogen-bond acceptors (Lipinski definition) is 3. The van der Waals surface area contributed by atoms with Crippen LogP contribution in [0.3, 0.4) is 0 Å². The molecule has 0 atom stereocenters. The Bertz CT molecular complexity index is 634. The van der Waals surface area contributed by atoms with E-state index in [1.54, 1.807) is 0 Å². The molecule has 1 amide bonds. The molecule has 6 nitrogen and oxygen atoms in total. The van der Waals surface area contributed by atoms with Crippen LogP contribution in [0, 0.1) is 6.92 Å². The summed E-state index contributed by atoms with van der Waals surface area (Å²) < 4.78 is 0. The first-order chi connectivity index (χ1) is 9.56. The molecule has 106 valence electrons. The minimum atomic E-state index is -0.884. The molecule has 2 aromatic rings. The first kappa shape index (κ1) is 14.0. The van der Waals surface area contributed by atoms with Crippen molar-refractivity contribution in [1.82, 2.24) is 15.3 Å². The highest BCUT2D eigenvalue weighted by molar-refractivity contribution is 5.79. The second kappa shape index (κ2) is 6.18. The summed E-state index contributed by atoms with van der Waals surface area (Å²) in [5.74, 6) is -0.352. The van der Waals surface area contributed by atoms with Gasteiger partial charge in [-0.2, -0.15) is 0 Å². The molecular weight excluding hydrogens is 258 g/mol. The zero-order valence-corrected chi connectivity index (χ0v) is 11.3. The van der Waals surface area contributed by atoms with Gasteiger partial charge in [0.05, 0.1) is 17.6 Å². The van der Waals surface area contributed by atoms with Crippen LogP contribution in [-0.2, 0) is 16.1 Å². The van der Waals surface area contributed by atoms with Gasteiger partial charge in [0.2, 0.25) is 5.91 Å². The summed E-state index contributed by atoms with van der Waals surface area (Å²) in [4.78, 5) is 29.5. The number of para-hydroxylation sites is 1. The van der Waals surface area contributed by atoms with Crippen molar-refractivity contribution >= 4 is 22.9 Å². The van der Waals surface area contributed by atoms with Crippen LogP contribution < -0.4 is 5.32 Å². The van der Waals surface area contributed by atoms with E-state index in [-0.39, 0.29) is 18.7 Å². The summed E-state index contributed by atoms with van der Waals surface area (Å²) in [5, 5.41) is 11.2. The van der Waals surface area contributed by atoms with E-state index in [1.807, 2.05) is 25.1 Å². The molecule has 0 unspecified atom stereocenters. The third kappa shape index (κ3) is 3.57. The molecule has 0 radical (unpaired) electrons. The molecule has 1 aromatic carbocycles. The molecule has 6 heteroatoms. The largest absolute Gasteiger partial charge is 0.481 e. The molecule has 0 saturated carbocycles. The van der Waals surface area contributed by atoms with Crippen molar-refractivity contribution in [2.75, 3.05) is 0 Å². The number of aromatic amines is 1. The summed E-state index contributed by atoms with van der Waals surface area (Å²) in [7, 11) is 0. The quantitative estimate of drug-likeness (QED) is 0.748. The average molecular weight is 275 g/mol. The van der Waals surface area contributed by atoms with Crippen LogP contribution in [-0.4, -0.2) is 27.0 Å². The van der Waals surface area contributed by atoms with Gasteiger partial charge < -0.3 is 15.4 Å². The predicted octanol–water partition coefficient (Wildman–Crippen LogP) is 1.74. The Balaban J connectivity index is 1.88. The summed E-state index contributed by atoms with van der Waals surface area (Å²) in [5.41, 5.74) is 2.93. The number of benzene rings is 1. The number of carbonyl (C=O) groups is 2. The first-order valence-electron chi connectivity index (χ1n) is 6.49. The number of H-pyrrole nitrogens is 1. The lowest BCUT2D eigenvalue weighted by Crippen LogP contribution is -2.23. The van der Waals surface area contributed by atoms with E-state index in [0.29, 0.717) is 18.8 Å². The highest BCUT2D eigenvalue weighted by atomic mass is 16.4. The lowest BCUT2D eigenvalue weighted by molar-refractivity contribution is -0.137. The maximum absolute atomic E-state index is 11.5. The molecule has 3 N–H and O–H groups in total. The maximum Gasteiger partial charge on any atom is 0.303 e. The number of nitrogens with one attached hydrogen (secondary N) is 2. The summed E-state index contributed by atoms with van der Waals surface area (Å²) in [6.45, 7) is 2.30. The van der Waals surface area contributed by atoms with Crippen LogP contribution in [0.25, 0.3) is 11.0 Å². The van der Waals surface area contributed by atoms with Crippen LogP contribution in [0.15, 0.2) is 18.2 Å². The monoisotopic (exact) mass is 275 g/mol. The van der Waals surface area contributed by atoms with Crippen LogP contribution in [0.2, 0.25) is 0 Å². The number of carbonyl (C=O) groups excluding carboxylic acids is 1. The lowest BCUT2D eigenvalue weighted by Gasteiger charge is -2.01. The van der Waals surface area contributed by atoms with Crippen molar-refractivity contribution in [3.63, 3.8) is 0 Å². The van der Waals surface area contributed by atoms with E-state index in [0.717, 1.165) is 16.6 Å². The number of aryl methyl sites for hydroxylation is 1. The highest BCUT2D eigenvalue weighted by Crippen LogP contribution is 2.15. The number of imidazole rings is 1. The third-order valence-electron chi connectivity index (χ3n) is 3.01. The summed E-state index contributed by atoms with van der Waals surface area (Å²) in [6.07, 6.45) is 0.573. The van der Waals surface area contributed by atoms with Crippen molar-refractivity contribution in [2.45, 2.75) is 32.7 Å². The van der Waals surface area contributed by atoms with Gasteiger partial charge in [-0.15, -0.1) is 0 Å². The number of carboxylic acid groups (broad SMARTS) is 1. The number of amides is 1. The molecule has 0 fully saturated rings. The summed E-state index contributed by atoms with van der Waals surface area (Å²) >= 11 is 0. The topological polar surface area (TPSA) is 95.1 Å². The van der Waals surface area contributed by atoms with Gasteiger partial charge in [0.25, 0.3) is 0 Å². The number of hydrogen-bond donors (Lipinski definition) is 3. The van der Waals surface area contributed by atoms with E-state index < -0.39 is 5.97 Å². The van der Waals surface area contributed by atoms with Gasteiger partial charge >= 0.3 is 5.97 Å². The van der Waals surface area contributed by atoms with E-state index in [4.69, 9.17) is 5.11 Å². The molecule has 20 heavy (non-hydrogen) atoms. The highest BCUT2D eigenvalue weighted by Gasteiger charge is 2.07. The van der Waals surface area contributed by atoms with Gasteiger partial charge in [0, 0.05) is 12.8 Å². The molecule has 1 aromatic heterocycles. The molecule has 0 bridgehead atoms. The van der Waals surface area contributed by atoms with Crippen molar-refractivity contribution in [2.24, 2.45) is 0 Å². The number of fused-ring (bicyclic) bond motifs is 1. The molecule has 0 aliphatic carbocycles. The van der Waals surface area contributed by atoms with Gasteiger partial charge in [-0.25, -0.2) is 4.98 Å². The van der Waals surface area contributed by atoms with Crippen molar-refractivity contribution < 1.29 is 14.7 Å². The molecule has 2 rings (SSSR count). The first-order valence-corrected chi connectivity index (χ1v) is 6.49. The second-order valence-corrected chi connectivity index (χ2v) is 4.68. The minimum absolute atomic E-state index is 0.0112. The van der Waals surface area contributed by atoms with Gasteiger partial charge in [0.15, 0.2) is 0 Å². The number of rotatable bonds is 6. The Kier molecular flexibility index (Phi) is 4.34. The van der Waals surface area contributed by atoms with Gasteiger partial charge in [0.1, 0.15) is 5.82 Å². The zero-order valence-electron chi connectivity index (χ0n) is 11.3. The Labute approximate surface area is 116 Å². The number of aromatic nitrogens is 2. The van der Waals surface area contributed by atoms with Crippen LogP contribution >= 0.6 is 0 Å². The Morgan fingerprint density at radius 2 is 2.15 bits per heavy atom. The van der Waals surface area contributed by atoms with E-state index >= 15 is 0 Å². The second-order valence-electron chi connectivity index (χ2n) is 4.68. The fourth-order valence-corrected chi connectivity index (χ4v) is 1.98. The van der Waals surface area contributed by atoms with Crippen LogP contribution in [0.4, 0.5) is 0 Å². The standard InChI is InChI=1S/C14H17N3O3/c1-9-4-2-5-10-14(9)17-11(16-10)8-15-12(18)6-3-7-13(19)20/h2,4-5H,3,6-8H2,1H3,(H,15,18)(H,16,17)(H,19,20). The van der Waals surface area contributed by atoms with Gasteiger partial charge in [-0.3, -0.25) is 9.59 Å².